The highest BCUT2D eigenvalue weighted by Gasteiger charge is 2.26. The first-order valence-corrected chi connectivity index (χ1v) is 14.3. The zero-order chi connectivity index (χ0) is 28.6. The van der Waals surface area contributed by atoms with Crippen molar-refractivity contribution in [1.29, 1.82) is 0 Å². The lowest BCUT2D eigenvalue weighted by Crippen LogP contribution is -2.32. The van der Waals surface area contributed by atoms with E-state index in [4.69, 9.17) is 9.15 Å². The zero-order valence-electron chi connectivity index (χ0n) is 23.3. The molecule has 0 amide bonds. The van der Waals surface area contributed by atoms with Gasteiger partial charge in [0.1, 0.15) is 17.6 Å². The number of rotatable bonds is 12. The van der Waals surface area contributed by atoms with Crippen molar-refractivity contribution >= 4 is 17.4 Å². The molecule has 1 fully saturated rings. The number of anilines is 1. The van der Waals surface area contributed by atoms with Crippen molar-refractivity contribution in [3.05, 3.63) is 101 Å². The Kier molecular flexibility index (Phi) is 9.14. The maximum absolute atomic E-state index is 13.2. The molecule has 212 valence electrons. The number of para-hydroxylation sites is 1. The summed E-state index contributed by atoms with van der Waals surface area (Å²) in [5, 5.41) is 13.1. The molecule has 0 bridgehead atoms. The molecule has 1 aromatic heterocycles. The largest absolute Gasteiger partial charge is 0.493 e. The summed E-state index contributed by atoms with van der Waals surface area (Å²) in [6.45, 7) is 2.34. The number of ether oxygens (including phenoxy) is 1. The Bertz CT molecular complexity index is 1460. The van der Waals surface area contributed by atoms with Crippen LogP contribution in [-0.2, 0) is 17.6 Å². The number of aliphatic carboxylic acids is 1. The summed E-state index contributed by atoms with van der Waals surface area (Å²) in [5.74, 6) is 1.23. The standard InChI is InChI=1S/C34H36N2O5/c1-23-29(36-33(41-23)26-12-6-3-7-13-26)20-21-40-27-18-16-24(17-19-27)22-31(34(38)39)35-30-15-9-8-14-28(30)32(37)25-10-4-2-5-11-25/h3,6-9,12-19,25,31,35H,2,4-5,10-11,20-22H2,1H3,(H,38,39)/t31-/m0/s1. The summed E-state index contributed by atoms with van der Waals surface area (Å²) < 4.78 is 11.8. The number of hydrogen-bond donors (Lipinski definition) is 2. The van der Waals surface area contributed by atoms with Gasteiger partial charge in [-0.2, -0.15) is 0 Å². The number of benzene rings is 3. The summed E-state index contributed by atoms with van der Waals surface area (Å²) in [7, 11) is 0. The molecule has 7 nitrogen and oxygen atoms in total. The monoisotopic (exact) mass is 552 g/mol. The van der Waals surface area contributed by atoms with Gasteiger partial charge < -0.3 is 19.6 Å². The van der Waals surface area contributed by atoms with Crippen molar-refractivity contribution in [1.82, 2.24) is 4.98 Å². The summed E-state index contributed by atoms with van der Waals surface area (Å²) in [5.41, 5.74) is 3.81. The SMILES string of the molecule is Cc1oc(-c2ccccc2)nc1CCOc1ccc(C[C@H](Nc2ccccc2C(=O)C2CCCCC2)C(=O)O)cc1. The van der Waals surface area contributed by atoms with Crippen molar-refractivity contribution in [2.75, 3.05) is 11.9 Å². The van der Waals surface area contributed by atoms with Gasteiger partial charge in [-0.1, -0.05) is 61.7 Å². The number of hydrogen-bond acceptors (Lipinski definition) is 6. The van der Waals surface area contributed by atoms with Gasteiger partial charge in [0.05, 0.1) is 12.3 Å². The van der Waals surface area contributed by atoms with Crippen LogP contribution in [0.4, 0.5) is 5.69 Å². The number of carboxylic acid groups (broad SMARTS) is 1. The van der Waals surface area contributed by atoms with Crippen LogP contribution >= 0.6 is 0 Å². The highest BCUT2D eigenvalue weighted by Crippen LogP contribution is 2.30. The highest BCUT2D eigenvalue weighted by atomic mass is 16.5. The maximum Gasteiger partial charge on any atom is 0.326 e. The van der Waals surface area contributed by atoms with Crippen LogP contribution in [0.3, 0.4) is 0 Å². The Morgan fingerprint density at radius 2 is 1.68 bits per heavy atom. The number of nitrogens with zero attached hydrogens (tertiary/aromatic N) is 1. The van der Waals surface area contributed by atoms with Crippen molar-refractivity contribution in [2.45, 2.75) is 57.9 Å². The molecule has 1 heterocycles. The lowest BCUT2D eigenvalue weighted by Gasteiger charge is -2.23. The van der Waals surface area contributed by atoms with Crippen LogP contribution in [0.15, 0.2) is 83.3 Å². The smallest absolute Gasteiger partial charge is 0.326 e. The van der Waals surface area contributed by atoms with Crippen LogP contribution in [0.2, 0.25) is 0 Å². The normalized spacial score (nSPS) is 14.4. The van der Waals surface area contributed by atoms with Gasteiger partial charge in [0.15, 0.2) is 5.78 Å². The second-order valence-corrected chi connectivity index (χ2v) is 10.6. The Morgan fingerprint density at radius 3 is 2.41 bits per heavy atom. The number of oxazole rings is 1. The molecule has 1 aliphatic rings. The van der Waals surface area contributed by atoms with Gasteiger partial charge >= 0.3 is 5.97 Å². The lowest BCUT2D eigenvalue weighted by atomic mass is 9.83. The first-order chi connectivity index (χ1) is 20.0. The Morgan fingerprint density at radius 1 is 0.976 bits per heavy atom. The maximum atomic E-state index is 13.2. The molecule has 0 spiro atoms. The molecule has 0 radical (unpaired) electrons. The summed E-state index contributed by atoms with van der Waals surface area (Å²) >= 11 is 0. The van der Waals surface area contributed by atoms with E-state index in [1.807, 2.05) is 73.7 Å². The lowest BCUT2D eigenvalue weighted by molar-refractivity contribution is -0.137. The number of aryl methyl sites for hydroxylation is 1. The van der Waals surface area contributed by atoms with E-state index in [1.54, 1.807) is 12.1 Å². The van der Waals surface area contributed by atoms with E-state index in [0.717, 1.165) is 48.3 Å². The third kappa shape index (κ3) is 7.23. The van der Waals surface area contributed by atoms with Crippen LogP contribution in [0.1, 0.15) is 59.5 Å². The van der Waals surface area contributed by atoms with Gasteiger partial charge in [-0.05, 0) is 61.7 Å². The molecule has 1 aliphatic carbocycles. The number of nitrogens with one attached hydrogen (secondary N) is 1. The molecule has 4 aromatic rings. The minimum absolute atomic E-state index is 0.0154. The molecule has 1 saturated carbocycles. The van der Waals surface area contributed by atoms with Crippen LogP contribution in [0, 0.1) is 12.8 Å². The zero-order valence-corrected chi connectivity index (χ0v) is 23.3. The fourth-order valence-corrected chi connectivity index (χ4v) is 5.38. The van der Waals surface area contributed by atoms with Gasteiger partial charge in [0.25, 0.3) is 0 Å². The van der Waals surface area contributed by atoms with E-state index in [-0.39, 0.29) is 18.1 Å². The molecular formula is C34H36N2O5. The predicted octanol–water partition coefficient (Wildman–Crippen LogP) is 7.14. The van der Waals surface area contributed by atoms with Crippen LogP contribution in [0.25, 0.3) is 11.5 Å². The minimum atomic E-state index is -0.969. The Hall–Kier alpha value is -4.39. The van der Waals surface area contributed by atoms with E-state index in [1.165, 1.54) is 6.42 Å². The molecule has 7 heteroatoms. The van der Waals surface area contributed by atoms with E-state index in [9.17, 15) is 14.7 Å². The molecule has 41 heavy (non-hydrogen) atoms. The molecule has 1 atom stereocenters. The van der Waals surface area contributed by atoms with Gasteiger partial charge in [-0.3, -0.25) is 4.79 Å². The van der Waals surface area contributed by atoms with Gasteiger partial charge in [-0.15, -0.1) is 0 Å². The number of carboxylic acids is 1. The third-order valence-corrected chi connectivity index (χ3v) is 7.68. The fourth-order valence-electron chi connectivity index (χ4n) is 5.38. The Balaban J connectivity index is 1.17. The molecular weight excluding hydrogens is 516 g/mol. The van der Waals surface area contributed by atoms with E-state index in [0.29, 0.717) is 35.9 Å². The number of aromatic nitrogens is 1. The summed E-state index contributed by atoms with van der Waals surface area (Å²) in [6.07, 6.45) is 5.98. The molecule has 2 N–H and O–H groups in total. The van der Waals surface area contributed by atoms with Crippen molar-refractivity contribution in [3.8, 4) is 17.2 Å². The van der Waals surface area contributed by atoms with Crippen molar-refractivity contribution in [2.24, 2.45) is 5.92 Å². The van der Waals surface area contributed by atoms with Gasteiger partial charge in [-0.25, -0.2) is 9.78 Å². The molecule has 0 aliphatic heterocycles. The van der Waals surface area contributed by atoms with Crippen LogP contribution in [0.5, 0.6) is 5.75 Å². The van der Waals surface area contributed by atoms with Gasteiger partial charge in [0, 0.05) is 35.6 Å². The van der Waals surface area contributed by atoms with E-state index >= 15 is 0 Å². The van der Waals surface area contributed by atoms with Crippen LogP contribution < -0.4 is 10.1 Å². The van der Waals surface area contributed by atoms with Crippen LogP contribution in [-0.4, -0.2) is 34.5 Å². The average Bonchev–Trinajstić information content (AvgIpc) is 3.38. The highest BCUT2D eigenvalue weighted by molar-refractivity contribution is 6.03. The van der Waals surface area contributed by atoms with E-state index in [2.05, 4.69) is 10.3 Å². The second kappa shape index (κ2) is 13.3. The number of carbonyl (C=O) groups is 2. The number of ketones is 1. The quantitative estimate of drug-likeness (QED) is 0.180. The van der Waals surface area contributed by atoms with Crippen molar-refractivity contribution < 1.29 is 23.8 Å². The molecule has 0 unspecified atom stereocenters. The van der Waals surface area contributed by atoms with Gasteiger partial charge in [0.2, 0.25) is 5.89 Å². The Labute approximate surface area is 240 Å². The molecule has 0 saturated heterocycles. The summed E-state index contributed by atoms with van der Waals surface area (Å²) in [6, 6.07) is 23.6. The average molecular weight is 553 g/mol. The topological polar surface area (TPSA) is 102 Å². The molecule has 3 aromatic carbocycles. The fraction of sp³-hybridized carbons (Fsp3) is 0.324. The first kappa shape index (κ1) is 28.1. The van der Waals surface area contributed by atoms with E-state index < -0.39 is 12.0 Å². The summed E-state index contributed by atoms with van der Waals surface area (Å²) in [4.78, 5) is 30.0. The minimum Gasteiger partial charge on any atom is -0.493 e. The van der Waals surface area contributed by atoms with Crippen molar-refractivity contribution in [3.63, 3.8) is 0 Å². The second-order valence-electron chi connectivity index (χ2n) is 10.6. The third-order valence-electron chi connectivity index (χ3n) is 7.68. The first-order valence-electron chi connectivity index (χ1n) is 14.3. The number of Topliss-reactive ketones (excluding diaryl/α,β-unsaturated/α-hetero) is 1. The number of carbonyl (C=O) groups excluding carboxylic acids is 1. The molecule has 5 rings (SSSR count). The predicted molar refractivity (Wildman–Crippen MR) is 158 cm³/mol.